The molecule has 0 amide bonds. The van der Waals surface area contributed by atoms with Crippen molar-refractivity contribution in [3.05, 3.63) is 0 Å². The molecule has 7 heteroatoms. The van der Waals surface area contributed by atoms with Crippen LogP contribution in [-0.4, -0.2) is 65.4 Å². The maximum Gasteiger partial charge on any atom is 0.332 e. The number of aliphatic hydroxyl groups excluding tert-OH is 1. The van der Waals surface area contributed by atoms with E-state index in [0.717, 1.165) is 32.4 Å². The van der Waals surface area contributed by atoms with Crippen molar-refractivity contribution in [1.29, 1.82) is 0 Å². The van der Waals surface area contributed by atoms with Gasteiger partial charge in [-0.2, -0.15) is 0 Å². The van der Waals surface area contributed by atoms with Crippen LogP contribution in [0.2, 0.25) is 0 Å². The molecule has 0 bridgehead atoms. The number of hydrogen-bond donors (Lipinski definition) is 4. The van der Waals surface area contributed by atoms with E-state index in [1.807, 2.05) is 0 Å². The lowest BCUT2D eigenvalue weighted by atomic mass is 10.0. The standard InChI is InChI=1S/C18H36O2.C5H14N2.C3H6O3/c1-2-3-4-5-6-7-8-9-10-11-12-13-14-15-16-17-18(19)20;1-7(2)5-3-4-6;1-2(4)3(5)6/h2-17H2,1H3,(H,19,20);3-6H2,1-2H3;2,4H,1H3,(H,5,6). The molecule has 0 spiro atoms. The highest BCUT2D eigenvalue weighted by molar-refractivity contribution is 5.71. The molecule has 0 heterocycles. The lowest BCUT2D eigenvalue weighted by Crippen LogP contribution is -2.16. The van der Waals surface area contributed by atoms with E-state index in [1.54, 1.807) is 0 Å². The SMILES string of the molecule is CC(O)C(=O)O.CCCCCCCCCCCCCCCCCC(=O)O.CN(C)CCCN. The Balaban J connectivity index is -0.000000563. The number of unbranched alkanes of at least 4 members (excludes halogenated alkanes) is 14. The molecular formula is C26H56N2O5. The van der Waals surface area contributed by atoms with Crippen molar-refractivity contribution in [3.8, 4) is 0 Å². The van der Waals surface area contributed by atoms with Gasteiger partial charge in [-0.25, -0.2) is 4.79 Å². The van der Waals surface area contributed by atoms with Crippen LogP contribution in [-0.2, 0) is 9.59 Å². The molecule has 0 aromatic rings. The molecule has 0 aromatic carbocycles. The van der Waals surface area contributed by atoms with Crippen LogP contribution >= 0.6 is 0 Å². The second kappa shape index (κ2) is 30.8. The molecule has 0 aliphatic rings. The smallest absolute Gasteiger partial charge is 0.332 e. The summed E-state index contributed by atoms with van der Waals surface area (Å²) >= 11 is 0. The van der Waals surface area contributed by atoms with Crippen LogP contribution in [0.15, 0.2) is 0 Å². The third-order valence-electron chi connectivity index (χ3n) is 5.16. The van der Waals surface area contributed by atoms with Gasteiger partial charge in [-0.3, -0.25) is 4.79 Å². The molecule has 0 aliphatic carbocycles. The van der Waals surface area contributed by atoms with Crippen molar-refractivity contribution in [1.82, 2.24) is 4.90 Å². The minimum absolute atomic E-state index is 0.345. The molecule has 0 fully saturated rings. The Kier molecular flexibility index (Phi) is 34.0. The first kappa shape index (κ1) is 36.4. The lowest BCUT2D eigenvalue weighted by molar-refractivity contribution is -0.145. The Morgan fingerprint density at radius 2 is 1.06 bits per heavy atom. The molecule has 0 aromatic heterocycles. The second-order valence-electron chi connectivity index (χ2n) is 9.05. The number of carboxylic acids is 2. The van der Waals surface area contributed by atoms with E-state index in [-0.39, 0.29) is 0 Å². The average Bonchev–Trinajstić information content (AvgIpc) is 2.75. The molecule has 0 rings (SSSR count). The maximum absolute atomic E-state index is 10.3. The van der Waals surface area contributed by atoms with Gasteiger partial charge >= 0.3 is 11.9 Å². The molecule has 33 heavy (non-hydrogen) atoms. The van der Waals surface area contributed by atoms with Crippen molar-refractivity contribution in [3.63, 3.8) is 0 Å². The monoisotopic (exact) mass is 476 g/mol. The Bertz CT molecular complexity index is 404. The van der Waals surface area contributed by atoms with Gasteiger partial charge in [0.2, 0.25) is 0 Å². The van der Waals surface area contributed by atoms with Gasteiger partial charge in [0.25, 0.3) is 0 Å². The lowest BCUT2D eigenvalue weighted by Gasteiger charge is -2.05. The number of aliphatic carboxylic acids is 2. The van der Waals surface area contributed by atoms with Gasteiger partial charge < -0.3 is 26.0 Å². The summed E-state index contributed by atoms with van der Waals surface area (Å²) in [6, 6.07) is 0. The van der Waals surface area contributed by atoms with E-state index in [1.165, 1.54) is 90.4 Å². The minimum Gasteiger partial charge on any atom is -0.481 e. The van der Waals surface area contributed by atoms with Crippen molar-refractivity contribution in [2.75, 3.05) is 27.2 Å². The number of hydrogen-bond acceptors (Lipinski definition) is 5. The summed E-state index contributed by atoms with van der Waals surface area (Å²) < 4.78 is 0. The van der Waals surface area contributed by atoms with Gasteiger partial charge in [-0.15, -0.1) is 0 Å². The fraction of sp³-hybridized carbons (Fsp3) is 0.923. The van der Waals surface area contributed by atoms with Gasteiger partial charge in [-0.05, 0) is 47.0 Å². The number of carboxylic acid groups (broad SMARTS) is 2. The molecule has 7 nitrogen and oxygen atoms in total. The maximum atomic E-state index is 10.3. The fourth-order valence-corrected chi connectivity index (χ4v) is 3.06. The highest BCUT2D eigenvalue weighted by atomic mass is 16.4. The van der Waals surface area contributed by atoms with Gasteiger partial charge in [0, 0.05) is 6.42 Å². The van der Waals surface area contributed by atoms with E-state index in [4.69, 9.17) is 21.1 Å². The summed E-state index contributed by atoms with van der Waals surface area (Å²) in [7, 11) is 4.10. The molecule has 1 unspecified atom stereocenters. The highest BCUT2D eigenvalue weighted by Crippen LogP contribution is 2.13. The summed E-state index contributed by atoms with van der Waals surface area (Å²) in [4.78, 5) is 21.9. The first-order valence-corrected chi connectivity index (χ1v) is 13.2. The molecular weight excluding hydrogens is 420 g/mol. The normalized spacial score (nSPS) is 11.2. The van der Waals surface area contributed by atoms with E-state index >= 15 is 0 Å². The zero-order valence-electron chi connectivity index (χ0n) is 22.2. The molecule has 1 atom stereocenters. The summed E-state index contributed by atoms with van der Waals surface area (Å²) in [6.45, 7) is 5.38. The van der Waals surface area contributed by atoms with Crippen LogP contribution in [0.4, 0.5) is 0 Å². The predicted octanol–water partition coefficient (Wildman–Crippen LogP) is 5.68. The fourth-order valence-electron chi connectivity index (χ4n) is 3.06. The Morgan fingerprint density at radius 3 is 1.27 bits per heavy atom. The van der Waals surface area contributed by atoms with Crippen molar-refractivity contribution in [2.45, 2.75) is 129 Å². The molecule has 0 saturated heterocycles. The highest BCUT2D eigenvalue weighted by Gasteiger charge is 2.01. The first-order chi connectivity index (χ1) is 15.7. The quantitative estimate of drug-likeness (QED) is 0.167. The third-order valence-corrected chi connectivity index (χ3v) is 5.16. The van der Waals surface area contributed by atoms with Crippen molar-refractivity contribution in [2.24, 2.45) is 5.73 Å². The summed E-state index contributed by atoms with van der Waals surface area (Å²) in [5.41, 5.74) is 5.25. The van der Waals surface area contributed by atoms with E-state index in [2.05, 4.69) is 25.9 Å². The van der Waals surface area contributed by atoms with Crippen molar-refractivity contribution < 1.29 is 24.9 Å². The predicted molar refractivity (Wildman–Crippen MR) is 139 cm³/mol. The van der Waals surface area contributed by atoms with Crippen LogP contribution in [0.5, 0.6) is 0 Å². The summed E-state index contributed by atoms with van der Waals surface area (Å²) in [5.74, 6) is -1.84. The number of carbonyl (C=O) groups is 2. The Morgan fingerprint density at radius 1 is 0.727 bits per heavy atom. The largest absolute Gasteiger partial charge is 0.481 e. The third kappa shape index (κ3) is 45.1. The first-order valence-electron chi connectivity index (χ1n) is 13.2. The van der Waals surface area contributed by atoms with Crippen LogP contribution in [0.25, 0.3) is 0 Å². The molecule has 200 valence electrons. The van der Waals surface area contributed by atoms with Crippen LogP contribution < -0.4 is 5.73 Å². The van der Waals surface area contributed by atoms with Gasteiger partial charge in [0.05, 0.1) is 0 Å². The Hall–Kier alpha value is -1.18. The minimum atomic E-state index is -1.23. The number of rotatable bonds is 20. The summed E-state index contributed by atoms with van der Waals surface area (Å²) in [6.07, 6.45) is 20.1. The molecule has 0 aliphatic heterocycles. The average molecular weight is 477 g/mol. The summed E-state index contributed by atoms with van der Waals surface area (Å²) in [5, 5.41) is 24.3. The van der Waals surface area contributed by atoms with Gasteiger partial charge in [-0.1, -0.05) is 96.8 Å². The molecule has 0 saturated carbocycles. The number of nitrogens with two attached hydrogens (primary N) is 1. The van der Waals surface area contributed by atoms with Gasteiger partial charge in [0.15, 0.2) is 0 Å². The molecule has 5 N–H and O–H groups in total. The topological polar surface area (TPSA) is 124 Å². The van der Waals surface area contributed by atoms with Crippen LogP contribution in [0.1, 0.15) is 123 Å². The van der Waals surface area contributed by atoms with E-state index < -0.39 is 18.0 Å². The van der Waals surface area contributed by atoms with E-state index in [0.29, 0.717) is 6.42 Å². The number of aliphatic hydroxyl groups is 1. The van der Waals surface area contributed by atoms with Crippen LogP contribution in [0, 0.1) is 0 Å². The van der Waals surface area contributed by atoms with Crippen molar-refractivity contribution >= 4 is 11.9 Å². The van der Waals surface area contributed by atoms with E-state index in [9.17, 15) is 9.59 Å². The zero-order chi connectivity index (χ0) is 25.7. The Labute approximate surface area is 204 Å². The zero-order valence-corrected chi connectivity index (χ0v) is 22.2. The number of nitrogens with zero attached hydrogens (tertiary/aromatic N) is 1. The second-order valence-corrected chi connectivity index (χ2v) is 9.05. The molecule has 0 radical (unpaired) electrons. The van der Waals surface area contributed by atoms with Gasteiger partial charge in [0.1, 0.15) is 6.10 Å². The van der Waals surface area contributed by atoms with Crippen LogP contribution in [0.3, 0.4) is 0 Å².